The minimum absolute atomic E-state index is 0.00417. The Hall–Kier alpha value is -1.84. The van der Waals surface area contributed by atoms with Gasteiger partial charge < -0.3 is 15.4 Å². The highest BCUT2D eigenvalue weighted by Crippen LogP contribution is 2.11. The maximum Gasteiger partial charge on any atom is 0.123 e. The Balaban J connectivity index is 2.05. The lowest BCUT2D eigenvalue weighted by molar-refractivity contribution is -0.108. The Kier molecular flexibility index (Phi) is 2.44. The molecule has 1 aliphatic heterocycles. The summed E-state index contributed by atoms with van der Waals surface area (Å²) in [7, 11) is 0. The number of hydrogen-bond acceptors (Lipinski definition) is 4. The molecule has 0 fully saturated rings. The first-order chi connectivity index (χ1) is 6.90. The smallest absolute Gasteiger partial charge is 0.123 e. The molecule has 1 aromatic heterocycles. The van der Waals surface area contributed by atoms with Crippen molar-refractivity contribution in [3.63, 3.8) is 0 Å². The summed E-state index contributed by atoms with van der Waals surface area (Å²) in [4.78, 5) is 14.5. The molecule has 0 spiro atoms. The number of rotatable bonds is 3. The first-order valence-corrected chi connectivity index (χ1v) is 4.48. The fourth-order valence-corrected chi connectivity index (χ4v) is 1.35. The number of carbonyl (C=O) groups is 1. The van der Waals surface area contributed by atoms with E-state index in [1.54, 1.807) is 6.20 Å². The summed E-state index contributed by atoms with van der Waals surface area (Å²) < 4.78 is 0. The Bertz CT molecular complexity index is 348. The maximum absolute atomic E-state index is 10.3. The summed E-state index contributed by atoms with van der Waals surface area (Å²) in [6.07, 6.45) is 4.93. The quantitative estimate of drug-likeness (QED) is 0.679. The highest BCUT2D eigenvalue weighted by molar-refractivity contribution is 5.63. The van der Waals surface area contributed by atoms with Crippen molar-refractivity contribution in [2.24, 2.45) is 0 Å². The fourth-order valence-electron chi connectivity index (χ4n) is 1.35. The zero-order chi connectivity index (χ0) is 9.80. The third-order valence-corrected chi connectivity index (χ3v) is 2.03. The molecule has 0 radical (unpaired) electrons. The topological polar surface area (TPSA) is 54.0 Å². The van der Waals surface area contributed by atoms with Crippen molar-refractivity contribution in [3.05, 3.63) is 36.3 Å². The maximum atomic E-state index is 10.3. The third-order valence-electron chi connectivity index (χ3n) is 2.03. The minimum atomic E-state index is 0.00417. The van der Waals surface area contributed by atoms with E-state index in [4.69, 9.17) is 0 Å². The van der Waals surface area contributed by atoms with Crippen LogP contribution in [0.4, 0.5) is 0 Å². The molecule has 0 aliphatic carbocycles. The molecule has 0 bridgehead atoms. The number of nitrogens with one attached hydrogen (secondary N) is 2. The van der Waals surface area contributed by atoms with Crippen molar-refractivity contribution in [1.82, 2.24) is 15.6 Å². The summed E-state index contributed by atoms with van der Waals surface area (Å²) >= 11 is 0. The highest BCUT2D eigenvalue weighted by Gasteiger charge is 2.15. The minimum Gasteiger partial charge on any atom is -0.369 e. The van der Waals surface area contributed by atoms with Gasteiger partial charge in [0, 0.05) is 18.8 Å². The van der Waals surface area contributed by atoms with E-state index in [9.17, 15) is 4.79 Å². The molecular weight excluding hydrogens is 178 g/mol. The van der Waals surface area contributed by atoms with Crippen LogP contribution in [0.1, 0.15) is 12.1 Å². The van der Waals surface area contributed by atoms with Gasteiger partial charge in [0.2, 0.25) is 0 Å². The van der Waals surface area contributed by atoms with Crippen LogP contribution in [0.5, 0.6) is 0 Å². The molecule has 2 heterocycles. The van der Waals surface area contributed by atoms with Crippen molar-refractivity contribution in [3.8, 4) is 0 Å². The molecule has 14 heavy (non-hydrogen) atoms. The summed E-state index contributed by atoms with van der Waals surface area (Å²) in [6.45, 7) is 0. The van der Waals surface area contributed by atoms with E-state index in [2.05, 4.69) is 15.6 Å². The van der Waals surface area contributed by atoms with Crippen LogP contribution in [0.15, 0.2) is 30.6 Å². The number of aldehydes is 1. The van der Waals surface area contributed by atoms with Gasteiger partial charge in [-0.2, -0.15) is 0 Å². The summed E-state index contributed by atoms with van der Waals surface area (Å²) in [5, 5.41) is 6.23. The Morgan fingerprint density at radius 2 is 2.43 bits per heavy atom. The third kappa shape index (κ3) is 1.74. The van der Waals surface area contributed by atoms with Crippen LogP contribution >= 0.6 is 0 Å². The van der Waals surface area contributed by atoms with E-state index in [0.29, 0.717) is 6.42 Å². The molecule has 1 aliphatic rings. The van der Waals surface area contributed by atoms with Crippen molar-refractivity contribution < 1.29 is 4.79 Å². The first kappa shape index (κ1) is 8.74. The SMILES string of the molecule is O=CCC1NC=C(c2ccccn2)N1. The van der Waals surface area contributed by atoms with E-state index >= 15 is 0 Å². The molecule has 0 aromatic carbocycles. The second-order valence-electron chi connectivity index (χ2n) is 3.04. The number of pyridine rings is 1. The van der Waals surface area contributed by atoms with Crippen molar-refractivity contribution >= 4 is 12.0 Å². The number of nitrogens with zero attached hydrogens (tertiary/aromatic N) is 1. The van der Waals surface area contributed by atoms with Crippen LogP contribution < -0.4 is 10.6 Å². The molecule has 0 amide bonds. The van der Waals surface area contributed by atoms with Gasteiger partial charge in [0.15, 0.2) is 0 Å². The second kappa shape index (κ2) is 3.91. The van der Waals surface area contributed by atoms with E-state index in [-0.39, 0.29) is 6.17 Å². The molecule has 0 saturated heterocycles. The van der Waals surface area contributed by atoms with Crippen LogP contribution in [0, 0.1) is 0 Å². The molecule has 1 aromatic rings. The number of aromatic nitrogens is 1. The standard InChI is InChI=1S/C10H11N3O/c14-6-4-10-12-7-9(13-10)8-3-1-2-5-11-8/h1-3,5-7,10,12-13H,4H2. The average Bonchev–Trinajstić information content (AvgIpc) is 2.68. The fraction of sp³-hybridized carbons (Fsp3) is 0.200. The summed E-state index contributed by atoms with van der Waals surface area (Å²) in [6, 6.07) is 5.72. The molecule has 2 rings (SSSR count). The molecule has 1 unspecified atom stereocenters. The van der Waals surface area contributed by atoms with Crippen molar-refractivity contribution in [1.29, 1.82) is 0 Å². The lowest BCUT2D eigenvalue weighted by atomic mass is 10.3. The van der Waals surface area contributed by atoms with E-state index < -0.39 is 0 Å². The molecular formula is C10H11N3O. The van der Waals surface area contributed by atoms with Gasteiger partial charge in [0.1, 0.15) is 12.5 Å². The molecule has 0 saturated carbocycles. The van der Waals surface area contributed by atoms with Gasteiger partial charge in [0.05, 0.1) is 11.4 Å². The lowest BCUT2D eigenvalue weighted by Crippen LogP contribution is -2.32. The van der Waals surface area contributed by atoms with E-state index in [1.165, 1.54) is 0 Å². The molecule has 4 nitrogen and oxygen atoms in total. The van der Waals surface area contributed by atoms with Gasteiger partial charge in [-0.1, -0.05) is 6.07 Å². The van der Waals surface area contributed by atoms with Gasteiger partial charge in [-0.15, -0.1) is 0 Å². The number of hydrogen-bond donors (Lipinski definition) is 2. The predicted molar refractivity (Wildman–Crippen MR) is 53.0 cm³/mol. The monoisotopic (exact) mass is 189 g/mol. The van der Waals surface area contributed by atoms with Gasteiger partial charge in [0.25, 0.3) is 0 Å². The van der Waals surface area contributed by atoms with Crippen LogP contribution in [-0.4, -0.2) is 17.4 Å². The molecule has 4 heteroatoms. The molecule has 1 atom stereocenters. The predicted octanol–water partition coefficient (Wildman–Crippen LogP) is 0.488. The van der Waals surface area contributed by atoms with E-state index in [0.717, 1.165) is 17.7 Å². The van der Waals surface area contributed by atoms with Gasteiger partial charge >= 0.3 is 0 Å². The Morgan fingerprint density at radius 1 is 1.50 bits per heavy atom. The van der Waals surface area contributed by atoms with Gasteiger partial charge in [-0.05, 0) is 12.1 Å². The molecule has 2 N–H and O–H groups in total. The zero-order valence-corrected chi connectivity index (χ0v) is 7.60. The molecule has 72 valence electrons. The van der Waals surface area contributed by atoms with Crippen LogP contribution in [0.2, 0.25) is 0 Å². The van der Waals surface area contributed by atoms with Crippen LogP contribution in [-0.2, 0) is 4.79 Å². The first-order valence-electron chi connectivity index (χ1n) is 4.48. The average molecular weight is 189 g/mol. The summed E-state index contributed by atoms with van der Waals surface area (Å²) in [5.41, 5.74) is 1.81. The zero-order valence-electron chi connectivity index (χ0n) is 7.60. The Morgan fingerprint density at radius 3 is 3.14 bits per heavy atom. The number of carbonyl (C=O) groups excluding carboxylic acids is 1. The normalized spacial score (nSPS) is 19.4. The Labute approximate surface area is 82.0 Å². The lowest BCUT2D eigenvalue weighted by Gasteiger charge is -2.09. The van der Waals surface area contributed by atoms with Crippen molar-refractivity contribution in [2.45, 2.75) is 12.6 Å². The van der Waals surface area contributed by atoms with Gasteiger partial charge in [-0.25, -0.2) is 0 Å². The largest absolute Gasteiger partial charge is 0.369 e. The van der Waals surface area contributed by atoms with Crippen molar-refractivity contribution in [2.75, 3.05) is 0 Å². The van der Waals surface area contributed by atoms with Crippen LogP contribution in [0.3, 0.4) is 0 Å². The van der Waals surface area contributed by atoms with Gasteiger partial charge in [-0.3, -0.25) is 4.98 Å². The second-order valence-corrected chi connectivity index (χ2v) is 3.04. The highest BCUT2D eigenvalue weighted by atomic mass is 16.1. The summed E-state index contributed by atoms with van der Waals surface area (Å²) in [5.74, 6) is 0. The van der Waals surface area contributed by atoms with E-state index in [1.807, 2.05) is 24.4 Å². The van der Waals surface area contributed by atoms with Crippen LogP contribution in [0.25, 0.3) is 5.70 Å².